The van der Waals surface area contributed by atoms with E-state index in [1.54, 1.807) is 0 Å². The van der Waals surface area contributed by atoms with Gasteiger partial charge in [0.05, 0.1) is 5.56 Å². The van der Waals surface area contributed by atoms with Crippen LogP contribution < -0.4 is 0 Å². The van der Waals surface area contributed by atoms with Gasteiger partial charge in [0.2, 0.25) is 0 Å². The lowest BCUT2D eigenvalue weighted by Gasteiger charge is -2.03. The lowest BCUT2D eigenvalue weighted by Crippen LogP contribution is -2.03. The van der Waals surface area contributed by atoms with Crippen LogP contribution in [-0.4, -0.2) is 11.8 Å². The van der Waals surface area contributed by atoms with E-state index in [0.29, 0.717) is 12.1 Å². The highest BCUT2D eigenvalue weighted by Crippen LogP contribution is 2.22. The second-order valence-electron chi connectivity index (χ2n) is 3.56. The van der Waals surface area contributed by atoms with Gasteiger partial charge in [-0.1, -0.05) is 6.07 Å². The molecule has 0 fully saturated rings. The maximum absolute atomic E-state index is 13.3. The van der Waals surface area contributed by atoms with Crippen molar-refractivity contribution >= 4 is 5.71 Å². The molecule has 1 aliphatic rings. The molecule has 0 aliphatic carbocycles. The fourth-order valence-electron chi connectivity index (χ4n) is 1.70. The number of hydrogen-bond acceptors (Lipinski definition) is 1. The first-order valence-corrected chi connectivity index (χ1v) is 4.69. The van der Waals surface area contributed by atoms with E-state index >= 15 is 0 Å². The summed E-state index contributed by atoms with van der Waals surface area (Å²) in [7, 11) is 0. The molecule has 74 valence electrons. The molecule has 1 atom stereocenters. The van der Waals surface area contributed by atoms with Gasteiger partial charge in [-0.3, -0.25) is 4.99 Å². The standard InChI is InChI=1S/C11H11F2N/c1-7-5-6-10(14-7)11-8(12)3-2-4-9(11)13/h2-4,7H,5-6H2,1H3. The maximum atomic E-state index is 13.3. The molecule has 3 heteroatoms. The van der Waals surface area contributed by atoms with Crippen molar-refractivity contribution in [3.8, 4) is 0 Å². The summed E-state index contributed by atoms with van der Waals surface area (Å²) in [6, 6.07) is 4.09. The predicted octanol–water partition coefficient (Wildman–Crippen LogP) is 2.94. The van der Waals surface area contributed by atoms with Crippen molar-refractivity contribution in [2.24, 2.45) is 4.99 Å². The van der Waals surface area contributed by atoms with Gasteiger partial charge in [0, 0.05) is 11.8 Å². The molecule has 0 amide bonds. The second kappa shape index (κ2) is 3.48. The van der Waals surface area contributed by atoms with Gasteiger partial charge in [-0.2, -0.15) is 0 Å². The molecule has 14 heavy (non-hydrogen) atoms. The highest BCUT2D eigenvalue weighted by molar-refractivity contribution is 6.02. The summed E-state index contributed by atoms with van der Waals surface area (Å²) in [5.74, 6) is -1.03. The van der Waals surface area contributed by atoms with Crippen LogP contribution in [0, 0.1) is 11.6 Å². The smallest absolute Gasteiger partial charge is 0.135 e. The van der Waals surface area contributed by atoms with Crippen LogP contribution in [0.1, 0.15) is 25.3 Å². The third-order valence-corrected chi connectivity index (χ3v) is 2.43. The van der Waals surface area contributed by atoms with Crippen molar-refractivity contribution in [3.63, 3.8) is 0 Å². The summed E-state index contributed by atoms with van der Waals surface area (Å²) in [4.78, 5) is 4.22. The summed E-state index contributed by atoms with van der Waals surface area (Å²) in [5, 5.41) is 0. The molecule has 0 spiro atoms. The first-order valence-electron chi connectivity index (χ1n) is 4.69. The Balaban J connectivity index is 2.46. The van der Waals surface area contributed by atoms with Gasteiger partial charge >= 0.3 is 0 Å². The Morgan fingerprint density at radius 2 is 1.93 bits per heavy atom. The maximum Gasteiger partial charge on any atom is 0.135 e. The molecule has 0 saturated carbocycles. The van der Waals surface area contributed by atoms with E-state index in [-0.39, 0.29) is 11.6 Å². The predicted molar refractivity (Wildman–Crippen MR) is 51.6 cm³/mol. The van der Waals surface area contributed by atoms with E-state index in [1.165, 1.54) is 18.2 Å². The molecule has 1 aromatic rings. The summed E-state index contributed by atoms with van der Waals surface area (Å²) >= 11 is 0. The number of benzene rings is 1. The zero-order chi connectivity index (χ0) is 10.1. The van der Waals surface area contributed by atoms with E-state index in [9.17, 15) is 8.78 Å². The van der Waals surface area contributed by atoms with E-state index in [2.05, 4.69) is 4.99 Å². The molecule has 2 rings (SSSR count). The molecule has 0 saturated heterocycles. The summed E-state index contributed by atoms with van der Waals surface area (Å²) in [6.45, 7) is 1.95. The van der Waals surface area contributed by atoms with Crippen LogP contribution in [0.15, 0.2) is 23.2 Å². The van der Waals surface area contributed by atoms with Gasteiger partial charge < -0.3 is 0 Å². The largest absolute Gasteiger partial charge is 0.286 e. The molecule has 1 heterocycles. The minimum absolute atomic E-state index is 0.0526. The Morgan fingerprint density at radius 1 is 1.29 bits per heavy atom. The minimum atomic E-state index is -0.516. The SMILES string of the molecule is CC1CCC(c2c(F)cccc2F)=N1. The van der Waals surface area contributed by atoms with Gasteiger partial charge in [-0.15, -0.1) is 0 Å². The van der Waals surface area contributed by atoms with Crippen LogP contribution in [0.2, 0.25) is 0 Å². The van der Waals surface area contributed by atoms with Gasteiger partial charge in [0.15, 0.2) is 0 Å². The average Bonchev–Trinajstić information content (AvgIpc) is 2.51. The van der Waals surface area contributed by atoms with Crippen LogP contribution in [0.4, 0.5) is 8.78 Å². The normalized spacial score (nSPS) is 21.1. The third kappa shape index (κ3) is 1.54. The molecule has 1 aromatic carbocycles. The third-order valence-electron chi connectivity index (χ3n) is 2.43. The second-order valence-corrected chi connectivity index (χ2v) is 3.56. The van der Waals surface area contributed by atoms with Crippen molar-refractivity contribution in [1.29, 1.82) is 0 Å². The van der Waals surface area contributed by atoms with Crippen molar-refractivity contribution in [1.82, 2.24) is 0 Å². The molecule has 0 bridgehead atoms. The molecule has 0 radical (unpaired) electrons. The Morgan fingerprint density at radius 3 is 2.43 bits per heavy atom. The van der Waals surface area contributed by atoms with Gasteiger partial charge in [0.25, 0.3) is 0 Å². The fourth-order valence-corrected chi connectivity index (χ4v) is 1.70. The number of nitrogens with zero attached hydrogens (tertiary/aromatic N) is 1. The van der Waals surface area contributed by atoms with E-state index in [1.807, 2.05) is 6.92 Å². The van der Waals surface area contributed by atoms with Gasteiger partial charge in [-0.05, 0) is 31.9 Å². The number of aliphatic imine (C=N–C) groups is 1. The monoisotopic (exact) mass is 195 g/mol. The van der Waals surface area contributed by atoms with Crippen molar-refractivity contribution in [3.05, 3.63) is 35.4 Å². The quantitative estimate of drug-likeness (QED) is 0.653. The molecule has 0 N–H and O–H groups in total. The number of hydrogen-bond donors (Lipinski definition) is 0. The van der Waals surface area contributed by atoms with Crippen molar-refractivity contribution in [2.45, 2.75) is 25.8 Å². The first kappa shape index (κ1) is 9.31. The molecule has 1 unspecified atom stereocenters. The van der Waals surface area contributed by atoms with E-state index < -0.39 is 11.6 Å². The zero-order valence-corrected chi connectivity index (χ0v) is 7.93. The van der Waals surface area contributed by atoms with Gasteiger partial charge in [0.1, 0.15) is 11.6 Å². The van der Waals surface area contributed by atoms with Crippen LogP contribution in [0.3, 0.4) is 0 Å². The lowest BCUT2D eigenvalue weighted by molar-refractivity contribution is 0.578. The van der Waals surface area contributed by atoms with Crippen molar-refractivity contribution in [2.75, 3.05) is 0 Å². The number of rotatable bonds is 1. The highest BCUT2D eigenvalue weighted by atomic mass is 19.1. The topological polar surface area (TPSA) is 12.4 Å². The lowest BCUT2D eigenvalue weighted by atomic mass is 10.1. The molecular formula is C11H11F2N. The summed E-state index contributed by atoms with van der Waals surface area (Å²) in [5.41, 5.74) is 0.616. The summed E-state index contributed by atoms with van der Waals surface area (Å²) in [6.07, 6.45) is 1.54. The van der Waals surface area contributed by atoms with Crippen LogP contribution in [0.25, 0.3) is 0 Å². The summed E-state index contributed by atoms with van der Waals surface area (Å²) < 4.78 is 26.6. The molecular weight excluding hydrogens is 184 g/mol. The van der Waals surface area contributed by atoms with Crippen molar-refractivity contribution < 1.29 is 8.78 Å². The zero-order valence-electron chi connectivity index (χ0n) is 7.93. The molecule has 1 aliphatic heterocycles. The van der Waals surface area contributed by atoms with Gasteiger partial charge in [-0.25, -0.2) is 8.78 Å². The fraction of sp³-hybridized carbons (Fsp3) is 0.364. The van der Waals surface area contributed by atoms with E-state index in [4.69, 9.17) is 0 Å². The Kier molecular flexibility index (Phi) is 2.32. The van der Waals surface area contributed by atoms with Crippen LogP contribution >= 0.6 is 0 Å². The Hall–Kier alpha value is -1.25. The molecule has 1 nitrogen and oxygen atoms in total. The number of halogens is 2. The first-order chi connectivity index (χ1) is 6.68. The van der Waals surface area contributed by atoms with Crippen LogP contribution in [0.5, 0.6) is 0 Å². The molecule has 0 aromatic heterocycles. The highest BCUT2D eigenvalue weighted by Gasteiger charge is 2.20. The Bertz CT molecular complexity index is 365. The average molecular weight is 195 g/mol. The van der Waals surface area contributed by atoms with Crippen LogP contribution in [-0.2, 0) is 0 Å². The van der Waals surface area contributed by atoms with E-state index in [0.717, 1.165) is 6.42 Å². The Labute approximate surface area is 81.5 Å². The minimum Gasteiger partial charge on any atom is -0.286 e.